The molecule has 0 bridgehead atoms. The first-order valence-corrected chi connectivity index (χ1v) is 12.6. The van der Waals surface area contributed by atoms with Crippen LogP contribution in [0, 0.1) is 13.8 Å². The summed E-state index contributed by atoms with van der Waals surface area (Å²) in [6.07, 6.45) is 3.63. The number of ether oxygens (including phenoxy) is 2. The largest absolute Gasteiger partial charge is 0.493 e. The Morgan fingerprint density at radius 1 is 1.06 bits per heavy atom. The number of carbonyl (C=O) groups excluding carboxylic acids is 1. The van der Waals surface area contributed by atoms with E-state index >= 15 is 0 Å². The number of methoxy groups -OCH3 is 2. The number of hydrogen-bond donors (Lipinski definition) is 1. The Labute approximate surface area is 198 Å². The van der Waals surface area contributed by atoms with Crippen LogP contribution in [0.15, 0.2) is 35.7 Å². The normalized spacial score (nSPS) is 15.4. The summed E-state index contributed by atoms with van der Waals surface area (Å²) in [5.41, 5.74) is 3.57. The van der Waals surface area contributed by atoms with E-state index < -0.39 is 0 Å². The van der Waals surface area contributed by atoms with Gasteiger partial charge in [-0.1, -0.05) is 18.6 Å². The Balaban J connectivity index is 1.80. The average Bonchev–Trinajstić information content (AvgIpc) is 3.45. The minimum atomic E-state index is -0.0489. The number of hydrogen-bond acceptors (Lipinski definition) is 6. The summed E-state index contributed by atoms with van der Waals surface area (Å²) in [5.74, 6) is 1.39. The number of piperidine rings is 1. The van der Waals surface area contributed by atoms with Crippen molar-refractivity contribution >= 4 is 33.6 Å². The maximum Gasteiger partial charge on any atom is 0.266 e. The van der Waals surface area contributed by atoms with Gasteiger partial charge < -0.3 is 14.8 Å². The predicted octanol–water partition coefficient (Wildman–Crippen LogP) is 6.27. The zero-order chi connectivity index (χ0) is 22.7. The van der Waals surface area contributed by atoms with Crippen LogP contribution in [-0.2, 0) is 0 Å². The van der Waals surface area contributed by atoms with Gasteiger partial charge in [-0.3, -0.25) is 9.69 Å². The van der Waals surface area contributed by atoms with Crippen LogP contribution in [0.25, 0.3) is 0 Å². The van der Waals surface area contributed by atoms with E-state index in [2.05, 4.69) is 36.2 Å². The first-order valence-electron chi connectivity index (χ1n) is 10.9. The van der Waals surface area contributed by atoms with Gasteiger partial charge in [-0.05, 0) is 74.5 Å². The molecule has 170 valence electrons. The highest BCUT2D eigenvalue weighted by Crippen LogP contribution is 2.44. The fourth-order valence-corrected chi connectivity index (χ4v) is 6.11. The monoisotopic (exact) mass is 470 g/mol. The number of amides is 1. The first kappa shape index (κ1) is 22.8. The maximum atomic E-state index is 12.9. The van der Waals surface area contributed by atoms with E-state index in [9.17, 15) is 4.79 Å². The lowest BCUT2D eigenvalue weighted by atomic mass is 9.93. The quantitative estimate of drug-likeness (QED) is 0.442. The third-order valence-electron chi connectivity index (χ3n) is 6.16. The summed E-state index contributed by atoms with van der Waals surface area (Å²) < 4.78 is 11.1. The van der Waals surface area contributed by atoms with Gasteiger partial charge in [-0.25, -0.2) is 0 Å². The summed E-state index contributed by atoms with van der Waals surface area (Å²) in [4.78, 5) is 17.4. The first-order chi connectivity index (χ1) is 15.5. The van der Waals surface area contributed by atoms with E-state index in [4.69, 9.17) is 9.47 Å². The van der Waals surface area contributed by atoms with Crippen LogP contribution in [0.5, 0.6) is 11.5 Å². The Hall–Kier alpha value is -2.35. The van der Waals surface area contributed by atoms with Crippen molar-refractivity contribution < 1.29 is 14.3 Å². The molecule has 1 atom stereocenters. The molecule has 0 aliphatic carbocycles. The smallest absolute Gasteiger partial charge is 0.266 e. The molecule has 1 aliphatic heterocycles. The third kappa shape index (κ3) is 4.56. The van der Waals surface area contributed by atoms with Crippen LogP contribution in [-0.4, -0.2) is 38.1 Å². The van der Waals surface area contributed by atoms with Crippen molar-refractivity contribution in [3.63, 3.8) is 0 Å². The van der Waals surface area contributed by atoms with Crippen LogP contribution < -0.4 is 14.8 Å². The molecule has 2 aromatic heterocycles. The Morgan fingerprint density at radius 2 is 1.81 bits per heavy atom. The molecule has 1 amide bonds. The molecule has 3 aromatic rings. The molecule has 1 fully saturated rings. The highest BCUT2D eigenvalue weighted by Gasteiger charge is 2.31. The maximum absolute atomic E-state index is 12.9. The van der Waals surface area contributed by atoms with Gasteiger partial charge in [-0.2, -0.15) is 0 Å². The van der Waals surface area contributed by atoms with Gasteiger partial charge in [0.05, 0.1) is 25.1 Å². The highest BCUT2D eigenvalue weighted by molar-refractivity contribution is 7.17. The van der Waals surface area contributed by atoms with Crippen LogP contribution in [0.1, 0.15) is 56.5 Å². The minimum absolute atomic E-state index is 0.0405. The number of aryl methyl sites for hydroxylation is 1. The summed E-state index contributed by atoms with van der Waals surface area (Å²) in [5, 5.41) is 6.09. The van der Waals surface area contributed by atoms with E-state index in [-0.39, 0.29) is 11.9 Å². The second-order valence-electron chi connectivity index (χ2n) is 8.07. The van der Waals surface area contributed by atoms with Gasteiger partial charge in [-0.15, -0.1) is 22.7 Å². The summed E-state index contributed by atoms with van der Waals surface area (Å²) >= 11 is 3.12. The zero-order valence-corrected chi connectivity index (χ0v) is 20.7. The number of anilines is 1. The number of thiophene rings is 2. The zero-order valence-electron chi connectivity index (χ0n) is 19.1. The number of nitrogens with one attached hydrogen (secondary N) is 1. The van der Waals surface area contributed by atoms with Crippen molar-refractivity contribution in [3.05, 3.63) is 62.2 Å². The molecular formula is C25H30N2O3S2. The lowest BCUT2D eigenvalue weighted by Crippen LogP contribution is -2.35. The lowest BCUT2D eigenvalue weighted by Gasteiger charge is -2.36. The second kappa shape index (κ2) is 10.1. The van der Waals surface area contributed by atoms with E-state index in [0.717, 1.165) is 40.0 Å². The van der Waals surface area contributed by atoms with Crippen molar-refractivity contribution in [2.24, 2.45) is 0 Å². The Bertz CT molecular complexity index is 1070. The lowest BCUT2D eigenvalue weighted by molar-refractivity contribution is 0.103. The standard InChI is InChI=1S/C25H30N2O3S2/c1-16-17(2)32-25(26-24(28)21-9-8-14-31-21)22(16)23(27-12-6-5-7-13-27)18-10-11-19(29-3)20(15-18)30-4/h8-11,14-15,23H,5-7,12-13H2,1-4H3,(H,26,28)/t23-/m1/s1. The van der Waals surface area contributed by atoms with Gasteiger partial charge in [0.2, 0.25) is 0 Å². The Morgan fingerprint density at radius 3 is 2.47 bits per heavy atom. The van der Waals surface area contributed by atoms with Gasteiger partial charge in [0, 0.05) is 10.4 Å². The van der Waals surface area contributed by atoms with E-state index in [1.54, 1.807) is 25.6 Å². The molecule has 0 saturated carbocycles. The van der Waals surface area contributed by atoms with Crippen molar-refractivity contribution in [2.75, 3.05) is 32.6 Å². The number of rotatable bonds is 7. The second-order valence-corrected chi connectivity index (χ2v) is 10.2. The predicted molar refractivity (Wildman–Crippen MR) is 133 cm³/mol. The highest BCUT2D eigenvalue weighted by atomic mass is 32.1. The molecule has 1 aromatic carbocycles. The molecule has 5 nitrogen and oxygen atoms in total. The molecule has 0 spiro atoms. The summed E-state index contributed by atoms with van der Waals surface area (Å²) in [6, 6.07) is 9.99. The van der Waals surface area contributed by atoms with Crippen LogP contribution in [0.2, 0.25) is 0 Å². The SMILES string of the molecule is COc1ccc([C@H](c2c(NC(=O)c3cccs3)sc(C)c2C)N2CCCCC2)cc1OC. The van der Waals surface area contributed by atoms with Gasteiger partial charge in [0.15, 0.2) is 11.5 Å². The van der Waals surface area contributed by atoms with E-state index in [1.165, 1.54) is 46.6 Å². The number of likely N-dealkylation sites (tertiary alicyclic amines) is 1. The van der Waals surface area contributed by atoms with Gasteiger partial charge in [0.25, 0.3) is 5.91 Å². The van der Waals surface area contributed by atoms with Gasteiger partial charge in [0.1, 0.15) is 5.00 Å². The topological polar surface area (TPSA) is 50.8 Å². The molecule has 0 unspecified atom stereocenters. The molecule has 4 rings (SSSR count). The Kier molecular flexibility index (Phi) is 7.18. The molecule has 7 heteroatoms. The fraction of sp³-hybridized carbons (Fsp3) is 0.400. The van der Waals surface area contributed by atoms with Crippen LogP contribution >= 0.6 is 22.7 Å². The van der Waals surface area contributed by atoms with E-state index in [1.807, 2.05) is 23.6 Å². The molecule has 1 aliphatic rings. The number of nitrogens with zero attached hydrogens (tertiary/aromatic N) is 1. The van der Waals surface area contributed by atoms with Crippen LogP contribution in [0.4, 0.5) is 5.00 Å². The average molecular weight is 471 g/mol. The van der Waals surface area contributed by atoms with Crippen molar-refractivity contribution in [2.45, 2.75) is 39.2 Å². The molecular weight excluding hydrogens is 440 g/mol. The molecule has 0 radical (unpaired) electrons. The number of carbonyl (C=O) groups is 1. The number of benzene rings is 1. The molecule has 1 N–H and O–H groups in total. The summed E-state index contributed by atoms with van der Waals surface area (Å²) in [7, 11) is 3.33. The molecule has 32 heavy (non-hydrogen) atoms. The third-order valence-corrected chi connectivity index (χ3v) is 8.16. The molecule has 1 saturated heterocycles. The van der Waals surface area contributed by atoms with Crippen molar-refractivity contribution in [1.82, 2.24) is 4.90 Å². The van der Waals surface area contributed by atoms with Crippen LogP contribution in [0.3, 0.4) is 0 Å². The minimum Gasteiger partial charge on any atom is -0.493 e. The van der Waals surface area contributed by atoms with Crippen molar-refractivity contribution in [3.8, 4) is 11.5 Å². The van der Waals surface area contributed by atoms with Gasteiger partial charge >= 0.3 is 0 Å². The van der Waals surface area contributed by atoms with E-state index in [0.29, 0.717) is 0 Å². The summed E-state index contributed by atoms with van der Waals surface area (Å²) in [6.45, 7) is 6.36. The van der Waals surface area contributed by atoms with Crippen molar-refractivity contribution in [1.29, 1.82) is 0 Å². The molecule has 3 heterocycles. The fourth-order valence-electron chi connectivity index (χ4n) is 4.40.